The van der Waals surface area contributed by atoms with Gasteiger partial charge in [-0.15, -0.1) is 37.2 Å². The number of halogens is 3. The summed E-state index contributed by atoms with van der Waals surface area (Å²) in [6.07, 6.45) is 0. The Morgan fingerprint density at radius 2 is 0.600 bits per heavy atom. The fourth-order valence-corrected chi connectivity index (χ4v) is 0. The molecule has 0 amide bonds. The minimum absolute atomic E-state index is 0. The van der Waals surface area contributed by atoms with Gasteiger partial charge in [-0.25, -0.2) is 0 Å². The summed E-state index contributed by atoms with van der Waals surface area (Å²) in [5.74, 6) is 0. The fraction of sp³-hybridized carbons (Fsp3) is 0. The van der Waals surface area contributed by atoms with Crippen molar-refractivity contribution in [2.75, 3.05) is 0 Å². The summed E-state index contributed by atoms with van der Waals surface area (Å²) in [6, 6.07) is 0. The quantitative estimate of drug-likeness (QED) is 0.498. The summed E-state index contributed by atoms with van der Waals surface area (Å²) in [5, 5.41) is 0. The number of rotatable bonds is 0. The van der Waals surface area contributed by atoms with E-state index in [9.17, 15) is 0 Å². The molecule has 0 spiro atoms. The maximum absolute atomic E-state index is 0. The van der Waals surface area contributed by atoms with Gasteiger partial charge >= 0.3 is 42.4 Å². The molecule has 0 aliphatic heterocycles. The molecule has 0 saturated carbocycles. The molecule has 0 N–H and O–H groups in total. The first kappa shape index (κ1) is 56.0. The van der Waals surface area contributed by atoms with Crippen LogP contribution in [0.3, 0.4) is 0 Å². The molecule has 0 aromatic rings. The first-order chi connectivity index (χ1) is 0. The summed E-state index contributed by atoms with van der Waals surface area (Å²) >= 11 is 0. The second kappa shape index (κ2) is 34.1. The zero-order valence-electron chi connectivity index (χ0n) is 2.64. The molecule has 0 bridgehead atoms. The van der Waals surface area contributed by atoms with Crippen LogP contribution in [0.1, 0.15) is 0 Å². The third-order valence-electron chi connectivity index (χ3n) is 0. The first-order valence-corrected chi connectivity index (χ1v) is 0. The second-order valence-electron chi connectivity index (χ2n) is 0. The van der Waals surface area contributed by atoms with Crippen molar-refractivity contribution in [3.8, 4) is 0 Å². The van der Waals surface area contributed by atoms with E-state index >= 15 is 0 Å². The van der Waals surface area contributed by atoms with Crippen molar-refractivity contribution in [2.45, 2.75) is 0 Å². The molecule has 0 aliphatic rings. The zero-order valence-corrected chi connectivity index (χ0v) is 12.1. The SMILES string of the molecule is Cl.Cl.Cl.[AsH3].[SbH3]. The minimum atomic E-state index is 0. The molecule has 0 aromatic carbocycles. The average Bonchev–Trinajstić information content (AvgIpc) is 0. The van der Waals surface area contributed by atoms with E-state index in [1.165, 1.54) is 0 Å². The van der Waals surface area contributed by atoms with Crippen molar-refractivity contribution in [3.63, 3.8) is 0 Å². The van der Waals surface area contributed by atoms with Gasteiger partial charge in [0.1, 0.15) is 0 Å². The van der Waals surface area contributed by atoms with E-state index in [4.69, 9.17) is 0 Å². The van der Waals surface area contributed by atoms with E-state index in [-0.39, 0.29) is 79.6 Å². The van der Waals surface area contributed by atoms with E-state index in [2.05, 4.69) is 0 Å². The van der Waals surface area contributed by atoms with Gasteiger partial charge in [-0.3, -0.25) is 0 Å². The summed E-state index contributed by atoms with van der Waals surface area (Å²) < 4.78 is 0. The standard InChI is InChI=1S/AsH3.3ClH.Sb.3H/h1H3;3*1H;;;;. The van der Waals surface area contributed by atoms with E-state index in [0.717, 1.165) is 0 Å². The molecule has 1 unspecified atom stereocenters. The molecule has 0 nitrogen and oxygen atoms in total. The molecule has 0 radical (unpaired) electrons. The topological polar surface area (TPSA) is 0 Å². The molecule has 40 valence electrons. The van der Waals surface area contributed by atoms with Crippen LogP contribution in [0.5, 0.6) is 0 Å². The molecule has 0 aromatic heterocycles. The van der Waals surface area contributed by atoms with Gasteiger partial charge in [-0.1, -0.05) is 0 Å². The molecular weight excluding hydrogens is 303 g/mol. The monoisotopic (exact) mass is 310 g/mol. The van der Waals surface area contributed by atoms with Crippen LogP contribution in [-0.4, -0.2) is 42.4 Å². The molecular formula is H9AsCl3Sb. The van der Waals surface area contributed by atoms with Crippen molar-refractivity contribution in [1.29, 1.82) is 0 Å². The summed E-state index contributed by atoms with van der Waals surface area (Å²) in [5.41, 5.74) is 0. The molecule has 0 aliphatic carbocycles. The third kappa shape index (κ3) is 22.3. The van der Waals surface area contributed by atoms with Crippen LogP contribution in [0.2, 0.25) is 0 Å². The van der Waals surface area contributed by atoms with E-state index in [0.29, 0.717) is 0 Å². The Bertz CT molecular complexity index is 6.85. The van der Waals surface area contributed by atoms with Gasteiger partial charge in [0.05, 0.1) is 0 Å². The normalized spacial score (nSPS) is 0. The Balaban J connectivity index is 0. The summed E-state index contributed by atoms with van der Waals surface area (Å²) in [6.45, 7) is 0. The van der Waals surface area contributed by atoms with Crippen LogP contribution in [0.25, 0.3) is 0 Å². The van der Waals surface area contributed by atoms with Crippen LogP contribution >= 0.6 is 37.2 Å². The Hall–Kier alpha value is 2.25. The van der Waals surface area contributed by atoms with E-state index in [1.807, 2.05) is 0 Å². The predicted molar refractivity (Wildman–Crippen MR) is 41.6 cm³/mol. The van der Waals surface area contributed by atoms with Gasteiger partial charge in [-0.05, 0) is 0 Å². The van der Waals surface area contributed by atoms with Crippen molar-refractivity contribution in [3.05, 3.63) is 0 Å². The maximum atomic E-state index is 0. The van der Waals surface area contributed by atoms with Crippen LogP contribution < -0.4 is 0 Å². The molecule has 0 saturated heterocycles. The zero-order chi connectivity index (χ0) is 0. The van der Waals surface area contributed by atoms with Crippen LogP contribution in [-0.2, 0) is 0 Å². The number of hydrogen-bond donors (Lipinski definition) is 0. The van der Waals surface area contributed by atoms with Crippen molar-refractivity contribution >= 4 is 79.6 Å². The van der Waals surface area contributed by atoms with Crippen molar-refractivity contribution in [1.82, 2.24) is 0 Å². The average molecular weight is 312 g/mol. The Morgan fingerprint density at radius 3 is 0.600 bits per heavy atom. The first-order valence-electron chi connectivity index (χ1n) is 0. The summed E-state index contributed by atoms with van der Waals surface area (Å²) in [4.78, 5) is 0. The van der Waals surface area contributed by atoms with Gasteiger partial charge in [-0.2, -0.15) is 0 Å². The third-order valence-corrected chi connectivity index (χ3v) is 0. The molecule has 5 heteroatoms. The van der Waals surface area contributed by atoms with Gasteiger partial charge in [0.15, 0.2) is 0 Å². The summed E-state index contributed by atoms with van der Waals surface area (Å²) in [7, 11) is 0. The second-order valence-corrected chi connectivity index (χ2v) is 0. The van der Waals surface area contributed by atoms with Crippen LogP contribution in [0.4, 0.5) is 0 Å². The molecule has 0 rings (SSSR count). The van der Waals surface area contributed by atoms with Gasteiger partial charge in [0.25, 0.3) is 0 Å². The van der Waals surface area contributed by atoms with Crippen molar-refractivity contribution in [2.24, 2.45) is 0 Å². The predicted octanol–water partition coefficient (Wildman–Crippen LogP) is -1.10. The molecule has 0 fully saturated rings. The van der Waals surface area contributed by atoms with Gasteiger partial charge in [0, 0.05) is 0 Å². The van der Waals surface area contributed by atoms with Crippen molar-refractivity contribution < 1.29 is 0 Å². The fourth-order valence-electron chi connectivity index (χ4n) is 0. The Morgan fingerprint density at radius 1 is 0.600 bits per heavy atom. The molecule has 5 heavy (non-hydrogen) atoms. The Labute approximate surface area is 78.8 Å². The number of hydrogen-bond acceptors (Lipinski definition) is 0. The Kier molecular flexibility index (Phi) is 382. The van der Waals surface area contributed by atoms with E-state index < -0.39 is 0 Å². The van der Waals surface area contributed by atoms with Gasteiger partial charge < -0.3 is 0 Å². The molecule has 1 atom stereocenters. The van der Waals surface area contributed by atoms with E-state index in [1.54, 1.807) is 0 Å². The molecule has 0 heterocycles. The van der Waals surface area contributed by atoms with Gasteiger partial charge in [0.2, 0.25) is 0 Å². The van der Waals surface area contributed by atoms with Crippen LogP contribution in [0.15, 0.2) is 0 Å². The van der Waals surface area contributed by atoms with Crippen LogP contribution in [0, 0.1) is 0 Å².